The zero-order valence-electron chi connectivity index (χ0n) is 14.4. The predicted octanol–water partition coefficient (Wildman–Crippen LogP) is 4.88. The summed E-state index contributed by atoms with van der Waals surface area (Å²) in [5, 5.41) is 0. The number of rotatable bonds is 8. The van der Waals surface area contributed by atoms with Crippen molar-refractivity contribution >= 4 is 11.9 Å². The van der Waals surface area contributed by atoms with E-state index in [2.05, 4.69) is 6.92 Å². The van der Waals surface area contributed by atoms with Gasteiger partial charge in [0.05, 0.1) is 6.61 Å². The number of benzene rings is 2. The summed E-state index contributed by atoms with van der Waals surface area (Å²) in [4.78, 5) is 12.3. The van der Waals surface area contributed by atoms with E-state index >= 15 is 0 Å². The fourth-order valence-corrected chi connectivity index (χ4v) is 2.54. The molecule has 0 saturated heterocycles. The molecule has 0 saturated carbocycles. The highest BCUT2D eigenvalue weighted by Crippen LogP contribution is 2.32. The van der Waals surface area contributed by atoms with Crippen molar-refractivity contribution in [2.45, 2.75) is 26.2 Å². The highest BCUT2D eigenvalue weighted by Gasteiger charge is 2.14. The predicted molar refractivity (Wildman–Crippen MR) is 97.4 cm³/mol. The SMILES string of the molecule is CCCCCOc1ccc(/C=C/C(=O)c2ccc3c(c2)OCO3)cc1. The van der Waals surface area contributed by atoms with Gasteiger partial charge in [0.15, 0.2) is 17.3 Å². The van der Waals surface area contributed by atoms with Gasteiger partial charge in [0.2, 0.25) is 6.79 Å². The van der Waals surface area contributed by atoms with Gasteiger partial charge in [0.25, 0.3) is 0 Å². The van der Waals surface area contributed by atoms with Crippen LogP contribution in [0, 0.1) is 0 Å². The average Bonchev–Trinajstić information content (AvgIpc) is 3.12. The minimum absolute atomic E-state index is 0.0711. The Bertz CT molecular complexity index is 747. The van der Waals surface area contributed by atoms with Gasteiger partial charge in [-0.1, -0.05) is 38.0 Å². The second-order valence-electron chi connectivity index (χ2n) is 5.89. The maximum absolute atomic E-state index is 12.3. The number of ether oxygens (including phenoxy) is 3. The fraction of sp³-hybridized carbons (Fsp3) is 0.286. The van der Waals surface area contributed by atoms with E-state index in [0.29, 0.717) is 17.1 Å². The van der Waals surface area contributed by atoms with Gasteiger partial charge in [-0.15, -0.1) is 0 Å². The second kappa shape index (κ2) is 8.38. The van der Waals surface area contributed by atoms with Crippen LogP contribution in [0.15, 0.2) is 48.5 Å². The number of carbonyl (C=O) groups is 1. The Labute approximate surface area is 148 Å². The molecule has 1 aliphatic heterocycles. The summed E-state index contributed by atoms with van der Waals surface area (Å²) in [6.07, 6.45) is 6.80. The van der Waals surface area contributed by atoms with E-state index in [1.165, 1.54) is 12.8 Å². The lowest BCUT2D eigenvalue weighted by Gasteiger charge is -2.05. The van der Waals surface area contributed by atoms with Crippen molar-refractivity contribution in [1.82, 2.24) is 0 Å². The Kier molecular flexibility index (Phi) is 5.73. The van der Waals surface area contributed by atoms with Crippen LogP contribution in [-0.2, 0) is 0 Å². The van der Waals surface area contributed by atoms with Crippen molar-refractivity contribution in [2.24, 2.45) is 0 Å². The van der Waals surface area contributed by atoms with E-state index in [1.807, 2.05) is 24.3 Å². The quantitative estimate of drug-likeness (QED) is 0.391. The van der Waals surface area contributed by atoms with E-state index in [1.54, 1.807) is 30.4 Å². The molecule has 3 rings (SSSR count). The van der Waals surface area contributed by atoms with Gasteiger partial charge in [-0.3, -0.25) is 4.79 Å². The molecule has 2 aromatic carbocycles. The van der Waals surface area contributed by atoms with Gasteiger partial charge in [-0.25, -0.2) is 0 Å². The Balaban J connectivity index is 1.57. The van der Waals surface area contributed by atoms with Crippen LogP contribution in [-0.4, -0.2) is 19.2 Å². The van der Waals surface area contributed by atoms with Crippen LogP contribution in [0.1, 0.15) is 42.1 Å². The average molecular weight is 338 g/mol. The van der Waals surface area contributed by atoms with Crippen molar-refractivity contribution in [3.63, 3.8) is 0 Å². The molecule has 25 heavy (non-hydrogen) atoms. The zero-order valence-corrected chi connectivity index (χ0v) is 14.4. The minimum Gasteiger partial charge on any atom is -0.494 e. The summed E-state index contributed by atoms with van der Waals surface area (Å²) < 4.78 is 16.2. The summed E-state index contributed by atoms with van der Waals surface area (Å²) in [6, 6.07) is 13.0. The molecule has 4 nitrogen and oxygen atoms in total. The molecule has 0 bridgehead atoms. The van der Waals surface area contributed by atoms with Gasteiger partial charge < -0.3 is 14.2 Å². The first-order valence-corrected chi connectivity index (χ1v) is 8.61. The zero-order chi connectivity index (χ0) is 17.5. The van der Waals surface area contributed by atoms with E-state index < -0.39 is 0 Å². The number of ketones is 1. The van der Waals surface area contributed by atoms with Crippen molar-refractivity contribution in [3.05, 3.63) is 59.7 Å². The van der Waals surface area contributed by atoms with Crippen LogP contribution in [0.4, 0.5) is 0 Å². The third-order valence-electron chi connectivity index (χ3n) is 3.98. The number of allylic oxidation sites excluding steroid dienone is 1. The number of carbonyl (C=O) groups excluding carboxylic acids is 1. The molecule has 0 aromatic heterocycles. The first kappa shape index (κ1) is 17.1. The van der Waals surface area contributed by atoms with Crippen LogP contribution < -0.4 is 14.2 Å². The highest BCUT2D eigenvalue weighted by atomic mass is 16.7. The smallest absolute Gasteiger partial charge is 0.231 e. The van der Waals surface area contributed by atoms with E-state index in [4.69, 9.17) is 14.2 Å². The molecule has 130 valence electrons. The maximum Gasteiger partial charge on any atom is 0.231 e. The maximum atomic E-state index is 12.3. The normalized spacial score (nSPS) is 12.5. The Morgan fingerprint density at radius 1 is 1.08 bits per heavy atom. The van der Waals surface area contributed by atoms with E-state index in [9.17, 15) is 4.79 Å². The van der Waals surface area contributed by atoms with Crippen molar-refractivity contribution < 1.29 is 19.0 Å². The molecule has 0 unspecified atom stereocenters. The molecule has 2 aromatic rings. The molecule has 0 radical (unpaired) electrons. The Morgan fingerprint density at radius 3 is 2.68 bits per heavy atom. The number of hydrogen-bond donors (Lipinski definition) is 0. The highest BCUT2D eigenvalue weighted by molar-refractivity contribution is 6.07. The minimum atomic E-state index is -0.0711. The lowest BCUT2D eigenvalue weighted by molar-refractivity contribution is 0.104. The first-order valence-electron chi connectivity index (χ1n) is 8.61. The molecule has 4 heteroatoms. The second-order valence-corrected chi connectivity index (χ2v) is 5.89. The van der Waals surface area contributed by atoms with E-state index in [0.717, 1.165) is 24.3 Å². The summed E-state index contributed by atoms with van der Waals surface area (Å²) in [5.41, 5.74) is 1.53. The van der Waals surface area contributed by atoms with Gasteiger partial charge in [0.1, 0.15) is 5.75 Å². The van der Waals surface area contributed by atoms with Gasteiger partial charge in [-0.05, 0) is 48.4 Å². The van der Waals surface area contributed by atoms with Crippen molar-refractivity contribution in [2.75, 3.05) is 13.4 Å². The molecular formula is C21H22O4. The Morgan fingerprint density at radius 2 is 1.88 bits per heavy atom. The van der Waals surface area contributed by atoms with Crippen LogP contribution in [0.25, 0.3) is 6.08 Å². The number of hydrogen-bond acceptors (Lipinski definition) is 4. The summed E-state index contributed by atoms with van der Waals surface area (Å²) in [7, 11) is 0. The molecule has 0 atom stereocenters. The summed E-state index contributed by atoms with van der Waals surface area (Å²) in [6.45, 7) is 3.12. The molecule has 0 N–H and O–H groups in total. The largest absolute Gasteiger partial charge is 0.494 e. The van der Waals surface area contributed by atoms with Gasteiger partial charge >= 0.3 is 0 Å². The summed E-state index contributed by atoms with van der Waals surface area (Å²) >= 11 is 0. The van der Waals surface area contributed by atoms with Crippen molar-refractivity contribution in [1.29, 1.82) is 0 Å². The van der Waals surface area contributed by atoms with Gasteiger partial charge in [0, 0.05) is 5.56 Å². The van der Waals surface area contributed by atoms with Crippen LogP contribution >= 0.6 is 0 Å². The van der Waals surface area contributed by atoms with Crippen LogP contribution in [0.2, 0.25) is 0 Å². The number of fused-ring (bicyclic) bond motifs is 1. The van der Waals surface area contributed by atoms with Crippen molar-refractivity contribution in [3.8, 4) is 17.2 Å². The molecule has 0 aliphatic carbocycles. The molecule has 1 heterocycles. The standard InChI is InChI=1S/C21H22O4/c1-2-3-4-13-23-18-9-5-16(6-10-18)7-11-19(22)17-8-12-20-21(14-17)25-15-24-20/h5-12,14H,2-4,13,15H2,1H3/b11-7+. The topological polar surface area (TPSA) is 44.8 Å². The lowest BCUT2D eigenvalue weighted by atomic mass is 10.1. The van der Waals surface area contributed by atoms with E-state index in [-0.39, 0.29) is 12.6 Å². The lowest BCUT2D eigenvalue weighted by Crippen LogP contribution is -1.96. The molecule has 0 spiro atoms. The fourth-order valence-electron chi connectivity index (χ4n) is 2.54. The molecular weight excluding hydrogens is 316 g/mol. The van der Waals surface area contributed by atoms with Gasteiger partial charge in [-0.2, -0.15) is 0 Å². The Hall–Kier alpha value is -2.75. The monoisotopic (exact) mass is 338 g/mol. The molecule has 1 aliphatic rings. The van der Waals surface area contributed by atoms with Crippen LogP contribution in [0.3, 0.4) is 0 Å². The van der Waals surface area contributed by atoms with Crippen LogP contribution in [0.5, 0.6) is 17.2 Å². The first-order chi connectivity index (χ1) is 12.3. The molecule has 0 fully saturated rings. The third-order valence-corrected chi connectivity index (χ3v) is 3.98. The number of unbranched alkanes of at least 4 members (excludes halogenated alkanes) is 2. The summed E-state index contributed by atoms with van der Waals surface area (Å²) in [5.74, 6) is 2.08. The third kappa shape index (κ3) is 4.63. The molecule has 0 amide bonds.